The van der Waals surface area contributed by atoms with Crippen molar-refractivity contribution >= 4 is 41.5 Å². The number of benzene rings is 2. The minimum absolute atomic E-state index is 0. The molecule has 1 aliphatic rings. The molecule has 8 heteroatoms. The molecule has 168 valence electrons. The number of nitrogens with zero attached hydrogens (tertiary/aromatic N) is 1. The Hall–Kier alpha value is -2.49. The Morgan fingerprint density at radius 2 is 1.84 bits per heavy atom. The van der Waals surface area contributed by atoms with Crippen molar-refractivity contribution in [1.82, 2.24) is 10.6 Å². The Balaban J connectivity index is 0.00000341. The number of rotatable bonds is 7. The van der Waals surface area contributed by atoms with Gasteiger partial charge in [0.05, 0.1) is 26.3 Å². The van der Waals surface area contributed by atoms with Gasteiger partial charge in [0.15, 0.2) is 17.5 Å². The van der Waals surface area contributed by atoms with E-state index in [9.17, 15) is 4.79 Å². The third-order valence-corrected chi connectivity index (χ3v) is 4.67. The van der Waals surface area contributed by atoms with Crippen LogP contribution in [0.5, 0.6) is 11.5 Å². The van der Waals surface area contributed by atoms with Crippen LogP contribution in [0, 0.1) is 6.92 Å². The number of anilines is 1. The smallest absolute Gasteiger partial charge is 0.239 e. The van der Waals surface area contributed by atoms with Gasteiger partial charge >= 0.3 is 0 Å². The van der Waals surface area contributed by atoms with Crippen molar-refractivity contribution in [3.63, 3.8) is 0 Å². The summed E-state index contributed by atoms with van der Waals surface area (Å²) in [6.45, 7) is 6.67. The summed E-state index contributed by atoms with van der Waals surface area (Å²) in [5, 5.41) is 9.25. The molecule has 1 heterocycles. The lowest BCUT2D eigenvalue weighted by Gasteiger charge is -2.15. The third kappa shape index (κ3) is 7.93. The Kier molecular flexibility index (Phi) is 10.4. The van der Waals surface area contributed by atoms with Gasteiger partial charge in [-0.25, -0.2) is 4.99 Å². The second kappa shape index (κ2) is 13.0. The fourth-order valence-corrected chi connectivity index (χ4v) is 2.96. The van der Waals surface area contributed by atoms with E-state index >= 15 is 0 Å². The lowest BCUT2D eigenvalue weighted by Crippen LogP contribution is -2.40. The first-order chi connectivity index (χ1) is 14.7. The van der Waals surface area contributed by atoms with Crippen molar-refractivity contribution in [2.45, 2.75) is 33.2 Å². The fourth-order valence-electron chi connectivity index (χ4n) is 2.96. The molecule has 0 saturated carbocycles. The first-order valence-corrected chi connectivity index (χ1v) is 10.4. The quantitative estimate of drug-likeness (QED) is 0.284. The van der Waals surface area contributed by atoms with Crippen LogP contribution in [0.2, 0.25) is 0 Å². The molecule has 3 rings (SSSR count). The van der Waals surface area contributed by atoms with Gasteiger partial charge in [0.1, 0.15) is 0 Å². The number of nitrogens with one attached hydrogen (secondary N) is 3. The number of amides is 1. The normalized spacial score (nSPS) is 12.9. The molecule has 3 N–H and O–H groups in total. The van der Waals surface area contributed by atoms with Crippen molar-refractivity contribution in [1.29, 1.82) is 0 Å². The molecule has 0 saturated heterocycles. The Morgan fingerprint density at radius 3 is 2.61 bits per heavy atom. The van der Waals surface area contributed by atoms with Gasteiger partial charge in [0.2, 0.25) is 5.91 Å². The summed E-state index contributed by atoms with van der Waals surface area (Å²) in [4.78, 5) is 16.7. The largest absolute Gasteiger partial charge is 0.490 e. The summed E-state index contributed by atoms with van der Waals surface area (Å²) < 4.78 is 11.5. The number of hydrogen-bond acceptors (Lipinski definition) is 4. The number of ether oxygens (including phenoxy) is 2. The predicted molar refractivity (Wildman–Crippen MR) is 135 cm³/mol. The SMILES string of the molecule is CCCNC(=O)CNC(=NCc1ccccc1C)Nc1ccc2c(c1)OCCCO2.I. The number of aliphatic imine (C=N–C) groups is 1. The molecule has 0 aromatic heterocycles. The van der Waals surface area contributed by atoms with Gasteiger partial charge in [0.25, 0.3) is 0 Å². The predicted octanol–water partition coefficient (Wildman–Crippen LogP) is 3.86. The van der Waals surface area contributed by atoms with Gasteiger partial charge in [-0.15, -0.1) is 24.0 Å². The molecule has 0 spiro atoms. The fraction of sp³-hybridized carbons (Fsp3) is 0.391. The zero-order valence-electron chi connectivity index (χ0n) is 18.1. The minimum Gasteiger partial charge on any atom is -0.490 e. The van der Waals surface area contributed by atoms with E-state index in [0.717, 1.165) is 29.8 Å². The number of aryl methyl sites for hydroxylation is 1. The van der Waals surface area contributed by atoms with Crippen LogP contribution in [0.15, 0.2) is 47.5 Å². The Bertz CT molecular complexity index is 889. The number of guanidine groups is 1. The maximum atomic E-state index is 12.0. The molecule has 31 heavy (non-hydrogen) atoms. The molecule has 0 aliphatic carbocycles. The van der Waals surface area contributed by atoms with E-state index in [2.05, 4.69) is 40.0 Å². The molecular weight excluding hydrogens is 507 g/mol. The highest BCUT2D eigenvalue weighted by atomic mass is 127. The lowest BCUT2D eigenvalue weighted by molar-refractivity contribution is -0.119. The third-order valence-electron chi connectivity index (χ3n) is 4.67. The molecule has 0 radical (unpaired) electrons. The van der Waals surface area contributed by atoms with E-state index < -0.39 is 0 Å². The van der Waals surface area contributed by atoms with E-state index in [1.54, 1.807) is 0 Å². The first kappa shape index (κ1) is 24.8. The second-order valence-corrected chi connectivity index (χ2v) is 7.13. The molecular formula is C23H31IN4O3. The van der Waals surface area contributed by atoms with Gasteiger partial charge in [-0.05, 0) is 36.6 Å². The van der Waals surface area contributed by atoms with Crippen LogP contribution in [0.3, 0.4) is 0 Å². The maximum Gasteiger partial charge on any atom is 0.239 e. The number of carbonyl (C=O) groups excluding carboxylic acids is 1. The lowest BCUT2D eigenvalue weighted by atomic mass is 10.1. The van der Waals surface area contributed by atoms with Crippen molar-refractivity contribution in [2.75, 3.05) is 31.6 Å². The summed E-state index contributed by atoms with van der Waals surface area (Å²) in [5.74, 6) is 1.90. The number of carbonyl (C=O) groups is 1. The molecule has 1 aliphatic heterocycles. The highest BCUT2D eigenvalue weighted by Gasteiger charge is 2.12. The highest BCUT2D eigenvalue weighted by molar-refractivity contribution is 14.0. The van der Waals surface area contributed by atoms with Gasteiger partial charge in [0, 0.05) is 24.7 Å². The van der Waals surface area contributed by atoms with E-state index in [1.807, 2.05) is 37.3 Å². The topological polar surface area (TPSA) is 84.0 Å². The van der Waals surface area contributed by atoms with Crippen molar-refractivity contribution < 1.29 is 14.3 Å². The summed E-state index contributed by atoms with van der Waals surface area (Å²) >= 11 is 0. The summed E-state index contributed by atoms with van der Waals surface area (Å²) in [7, 11) is 0. The van der Waals surface area contributed by atoms with Crippen LogP contribution >= 0.6 is 24.0 Å². The van der Waals surface area contributed by atoms with E-state index in [0.29, 0.717) is 38.0 Å². The zero-order chi connectivity index (χ0) is 21.2. The van der Waals surface area contributed by atoms with E-state index in [4.69, 9.17) is 9.47 Å². The summed E-state index contributed by atoms with van der Waals surface area (Å²) in [6.07, 6.45) is 1.75. The molecule has 0 bridgehead atoms. The van der Waals surface area contributed by atoms with Crippen molar-refractivity contribution in [3.05, 3.63) is 53.6 Å². The number of hydrogen-bond donors (Lipinski definition) is 3. The summed E-state index contributed by atoms with van der Waals surface area (Å²) in [6, 6.07) is 13.8. The minimum atomic E-state index is -0.0686. The van der Waals surface area contributed by atoms with Gasteiger partial charge in [-0.1, -0.05) is 31.2 Å². The van der Waals surface area contributed by atoms with Gasteiger partial charge in [-0.2, -0.15) is 0 Å². The molecule has 1 amide bonds. The standard InChI is InChI=1S/C23H30N4O3.HI/c1-3-11-24-22(28)16-26-23(25-15-18-8-5-4-7-17(18)2)27-19-9-10-20-21(14-19)30-13-6-12-29-20;/h4-5,7-10,14H,3,6,11-13,15-16H2,1-2H3,(H,24,28)(H2,25,26,27);1H. The highest BCUT2D eigenvalue weighted by Crippen LogP contribution is 2.32. The first-order valence-electron chi connectivity index (χ1n) is 10.4. The van der Waals surface area contributed by atoms with Crippen molar-refractivity contribution in [2.24, 2.45) is 4.99 Å². The van der Waals surface area contributed by atoms with Crippen LogP contribution in [-0.4, -0.2) is 38.2 Å². The second-order valence-electron chi connectivity index (χ2n) is 7.13. The van der Waals surface area contributed by atoms with Gasteiger partial charge in [-0.3, -0.25) is 4.79 Å². The zero-order valence-corrected chi connectivity index (χ0v) is 20.4. The molecule has 2 aromatic carbocycles. The monoisotopic (exact) mass is 538 g/mol. The van der Waals surface area contributed by atoms with Crippen LogP contribution in [0.4, 0.5) is 5.69 Å². The summed E-state index contributed by atoms with van der Waals surface area (Å²) in [5.41, 5.74) is 3.12. The van der Waals surface area contributed by atoms with Crippen LogP contribution < -0.4 is 25.4 Å². The van der Waals surface area contributed by atoms with Crippen LogP contribution in [-0.2, 0) is 11.3 Å². The molecule has 0 unspecified atom stereocenters. The average Bonchev–Trinajstić information content (AvgIpc) is 3.00. The number of fused-ring (bicyclic) bond motifs is 1. The van der Waals surface area contributed by atoms with E-state index in [1.165, 1.54) is 5.56 Å². The Morgan fingerprint density at radius 1 is 1.06 bits per heavy atom. The van der Waals surface area contributed by atoms with Crippen molar-refractivity contribution in [3.8, 4) is 11.5 Å². The van der Waals surface area contributed by atoms with Gasteiger partial charge < -0.3 is 25.4 Å². The average molecular weight is 538 g/mol. The number of halogens is 1. The van der Waals surface area contributed by atoms with Crippen LogP contribution in [0.1, 0.15) is 30.9 Å². The molecule has 7 nitrogen and oxygen atoms in total. The molecule has 0 fully saturated rings. The molecule has 0 atom stereocenters. The maximum absolute atomic E-state index is 12.0. The van der Waals surface area contributed by atoms with E-state index in [-0.39, 0.29) is 36.4 Å². The Labute approximate surface area is 201 Å². The molecule has 2 aromatic rings. The van der Waals surface area contributed by atoms with Crippen LogP contribution in [0.25, 0.3) is 0 Å².